The standard InChI is InChI=1S/C22H21N3O3/c1-25(16-9-8-14-6-4-5-7-15(14)10-16)13-21-23-18-12-20(28-3)19(27-2)11-17(18)22(26)24-21/h4-12H,13H2,1-3H3,(H,23,24,26). The molecule has 4 rings (SSSR count). The maximum atomic E-state index is 12.5. The van der Waals surface area contributed by atoms with E-state index in [1.165, 1.54) is 17.9 Å². The summed E-state index contributed by atoms with van der Waals surface area (Å²) < 4.78 is 10.6. The van der Waals surface area contributed by atoms with Gasteiger partial charge in [0.1, 0.15) is 5.82 Å². The Morgan fingerprint density at radius 1 is 0.964 bits per heavy atom. The topological polar surface area (TPSA) is 67.5 Å². The summed E-state index contributed by atoms with van der Waals surface area (Å²) in [4.78, 5) is 22.1. The molecular weight excluding hydrogens is 354 g/mol. The highest BCUT2D eigenvalue weighted by molar-refractivity contribution is 5.86. The van der Waals surface area contributed by atoms with Crippen molar-refractivity contribution in [1.82, 2.24) is 9.97 Å². The van der Waals surface area contributed by atoms with Gasteiger partial charge in [-0.2, -0.15) is 0 Å². The lowest BCUT2D eigenvalue weighted by molar-refractivity contribution is 0.355. The van der Waals surface area contributed by atoms with Crippen molar-refractivity contribution in [3.05, 3.63) is 70.8 Å². The van der Waals surface area contributed by atoms with Crippen molar-refractivity contribution < 1.29 is 9.47 Å². The molecule has 0 bridgehead atoms. The summed E-state index contributed by atoms with van der Waals surface area (Å²) in [7, 11) is 5.08. The lowest BCUT2D eigenvalue weighted by atomic mass is 10.1. The number of H-pyrrole nitrogens is 1. The minimum atomic E-state index is -0.201. The molecule has 0 amide bonds. The lowest BCUT2D eigenvalue weighted by Crippen LogP contribution is -2.21. The molecule has 0 saturated heterocycles. The molecule has 1 N–H and O–H groups in total. The van der Waals surface area contributed by atoms with Crippen LogP contribution >= 0.6 is 0 Å². The zero-order valence-corrected chi connectivity index (χ0v) is 16.0. The van der Waals surface area contributed by atoms with Gasteiger partial charge in [0.15, 0.2) is 11.5 Å². The first-order chi connectivity index (χ1) is 13.6. The summed E-state index contributed by atoms with van der Waals surface area (Å²) in [5.74, 6) is 1.63. The van der Waals surface area contributed by atoms with Crippen molar-refractivity contribution in [1.29, 1.82) is 0 Å². The first-order valence-electron chi connectivity index (χ1n) is 8.94. The van der Waals surface area contributed by atoms with Gasteiger partial charge in [0, 0.05) is 18.8 Å². The van der Waals surface area contributed by atoms with Gasteiger partial charge in [0.05, 0.1) is 31.7 Å². The van der Waals surface area contributed by atoms with Crippen LogP contribution in [0.5, 0.6) is 11.5 Å². The average molecular weight is 375 g/mol. The van der Waals surface area contributed by atoms with Gasteiger partial charge in [0.2, 0.25) is 0 Å². The van der Waals surface area contributed by atoms with Crippen molar-refractivity contribution >= 4 is 27.4 Å². The third-order valence-corrected chi connectivity index (χ3v) is 4.82. The Morgan fingerprint density at radius 3 is 2.43 bits per heavy atom. The van der Waals surface area contributed by atoms with Gasteiger partial charge in [-0.15, -0.1) is 0 Å². The summed E-state index contributed by atoms with van der Waals surface area (Å²) in [6.45, 7) is 0.470. The number of ether oxygens (including phenoxy) is 2. The molecule has 6 heteroatoms. The monoisotopic (exact) mass is 375 g/mol. The normalized spacial score (nSPS) is 11.0. The van der Waals surface area contributed by atoms with E-state index in [1.807, 2.05) is 19.2 Å². The van der Waals surface area contributed by atoms with Crippen LogP contribution in [0.15, 0.2) is 59.4 Å². The van der Waals surface area contributed by atoms with Gasteiger partial charge in [0.25, 0.3) is 5.56 Å². The maximum absolute atomic E-state index is 12.5. The van der Waals surface area contributed by atoms with Crippen LogP contribution in [0.4, 0.5) is 5.69 Å². The van der Waals surface area contributed by atoms with Crippen molar-refractivity contribution in [2.75, 3.05) is 26.2 Å². The van der Waals surface area contributed by atoms with E-state index in [9.17, 15) is 4.79 Å². The van der Waals surface area contributed by atoms with Gasteiger partial charge < -0.3 is 19.4 Å². The predicted octanol–water partition coefficient (Wildman–Crippen LogP) is 3.73. The Hall–Kier alpha value is -3.54. The van der Waals surface area contributed by atoms with Crippen LogP contribution in [0.2, 0.25) is 0 Å². The van der Waals surface area contributed by atoms with E-state index in [2.05, 4.69) is 45.2 Å². The molecule has 3 aromatic carbocycles. The molecule has 0 saturated carbocycles. The first kappa shape index (κ1) is 17.9. The minimum Gasteiger partial charge on any atom is -0.493 e. The largest absolute Gasteiger partial charge is 0.493 e. The quantitative estimate of drug-likeness (QED) is 0.576. The summed E-state index contributed by atoms with van der Waals surface area (Å²) in [6.07, 6.45) is 0. The number of methoxy groups -OCH3 is 2. The fourth-order valence-corrected chi connectivity index (χ4v) is 3.32. The number of aromatic nitrogens is 2. The number of nitrogens with zero attached hydrogens (tertiary/aromatic N) is 2. The van der Waals surface area contributed by atoms with Crippen molar-refractivity contribution in [2.24, 2.45) is 0 Å². The molecule has 0 unspecified atom stereocenters. The molecule has 6 nitrogen and oxygen atoms in total. The number of aromatic amines is 1. The van der Waals surface area contributed by atoms with Crippen LogP contribution < -0.4 is 19.9 Å². The number of benzene rings is 3. The second-order valence-corrected chi connectivity index (χ2v) is 6.62. The molecule has 28 heavy (non-hydrogen) atoms. The number of hydrogen-bond donors (Lipinski definition) is 1. The number of rotatable bonds is 5. The Balaban J connectivity index is 1.69. The van der Waals surface area contributed by atoms with Crippen molar-refractivity contribution in [3.63, 3.8) is 0 Å². The van der Waals surface area contributed by atoms with E-state index >= 15 is 0 Å². The van der Waals surface area contributed by atoms with Crippen LogP contribution in [0.1, 0.15) is 5.82 Å². The Labute approximate surface area is 162 Å². The molecule has 0 fully saturated rings. The van der Waals surface area contributed by atoms with E-state index in [1.54, 1.807) is 19.2 Å². The molecule has 0 spiro atoms. The third-order valence-electron chi connectivity index (χ3n) is 4.82. The smallest absolute Gasteiger partial charge is 0.258 e. The number of hydrogen-bond acceptors (Lipinski definition) is 5. The maximum Gasteiger partial charge on any atom is 0.258 e. The van der Waals surface area contributed by atoms with Gasteiger partial charge in [-0.3, -0.25) is 4.79 Å². The summed E-state index contributed by atoms with van der Waals surface area (Å²) >= 11 is 0. The van der Waals surface area contributed by atoms with Crippen molar-refractivity contribution in [2.45, 2.75) is 6.54 Å². The van der Waals surface area contributed by atoms with Crippen molar-refractivity contribution in [3.8, 4) is 11.5 Å². The Bertz CT molecular complexity index is 1220. The predicted molar refractivity (Wildman–Crippen MR) is 112 cm³/mol. The van der Waals surface area contributed by atoms with E-state index in [0.29, 0.717) is 34.8 Å². The molecule has 142 valence electrons. The molecule has 0 aliphatic rings. The molecule has 1 heterocycles. The number of fused-ring (bicyclic) bond motifs is 2. The van der Waals surface area contributed by atoms with Gasteiger partial charge in [-0.25, -0.2) is 4.98 Å². The SMILES string of the molecule is COc1cc2nc(CN(C)c3ccc4ccccc4c3)[nH]c(=O)c2cc1OC. The molecule has 4 aromatic rings. The minimum absolute atomic E-state index is 0.201. The molecule has 0 radical (unpaired) electrons. The van der Waals surface area contributed by atoms with Gasteiger partial charge >= 0.3 is 0 Å². The average Bonchev–Trinajstić information content (AvgIpc) is 2.72. The molecule has 1 aromatic heterocycles. The van der Waals surface area contributed by atoms with Crippen LogP contribution in [0.3, 0.4) is 0 Å². The highest BCUT2D eigenvalue weighted by atomic mass is 16.5. The zero-order valence-electron chi connectivity index (χ0n) is 16.0. The fraction of sp³-hybridized carbons (Fsp3) is 0.182. The van der Waals surface area contributed by atoms with Crippen LogP contribution in [0.25, 0.3) is 21.7 Å². The molecule has 0 aliphatic heterocycles. The second-order valence-electron chi connectivity index (χ2n) is 6.62. The molecular formula is C22H21N3O3. The van der Waals surface area contributed by atoms with Crippen LogP contribution in [0, 0.1) is 0 Å². The highest BCUT2D eigenvalue weighted by Crippen LogP contribution is 2.30. The van der Waals surface area contributed by atoms with Gasteiger partial charge in [-0.05, 0) is 29.0 Å². The van der Waals surface area contributed by atoms with E-state index in [-0.39, 0.29) is 5.56 Å². The summed E-state index contributed by atoms with van der Waals surface area (Å²) in [6, 6.07) is 17.9. The van der Waals surface area contributed by atoms with E-state index in [0.717, 1.165) is 5.69 Å². The molecule has 0 aliphatic carbocycles. The fourth-order valence-electron chi connectivity index (χ4n) is 3.32. The second kappa shape index (κ2) is 7.23. The number of nitrogens with one attached hydrogen (secondary N) is 1. The van der Waals surface area contributed by atoms with E-state index < -0.39 is 0 Å². The van der Waals surface area contributed by atoms with E-state index in [4.69, 9.17) is 9.47 Å². The van der Waals surface area contributed by atoms with Gasteiger partial charge in [-0.1, -0.05) is 30.3 Å². The molecule has 0 atom stereocenters. The van der Waals surface area contributed by atoms with Crippen LogP contribution in [-0.4, -0.2) is 31.2 Å². The third kappa shape index (κ3) is 3.24. The summed E-state index contributed by atoms with van der Waals surface area (Å²) in [5, 5.41) is 2.83. The summed E-state index contributed by atoms with van der Waals surface area (Å²) in [5.41, 5.74) is 1.42. The zero-order chi connectivity index (χ0) is 19.7. The lowest BCUT2D eigenvalue weighted by Gasteiger charge is -2.19. The Morgan fingerprint density at radius 2 is 1.68 bits per heavy atom. The number of anilines is 1. The first-order valence-corrected chi connectivity index (χ1v) is 8.94. The highest BCUT2D eigenvalue weighted by Gasteiger charge is 2.12. The van der Waals surface area contributed by atoms with Crippen LogP contribution in [-0.2, 0) is 6.54 Å². The Kier molecular flexibility index (Phi) is 4.61.